The van der Waals surface area contributed by atoms with Crippen LogP contribution in [0.3, 0.4) is 0 Å². The molecule has 0 saturated heterocycles. The van der Waals surface area contributed by atoms with Crippen LogP contribution in [0.4, 0.5) is 0 Å². The van der Waals surface area contributed by atoms with Gasteiger partial charge in [0.05, 0.1) is 24.9 Å². The van der Waals surface area contributed by atoms with Gasteiger partial charge in [-0.3, -0.25) is 4.68 Å². The summed E-state index contributed by atoms with van der Waals surface area (Å²) in [6.45, 7) is 1.41. The van der Waals surface area contributed by atoms with Crippen molar-refractivity contribution in [3.63, 3.8) is 0 Å². The summed E-state index contributed by atoms with van der Waals surface area (Å²) >= 11 is 0. The Labute approximate surface area is 66.0 Å². The van der Waals surface area contributed by atoms with Gasteiger partial charge in [-0.05, 0) is 0 Å². The van der Waals surface area contributed by atoms with Crippen molar-refractivity contribution in [2.24, 2.45) is 0 Å². The number of terminal acetylenes is 1. The first-order chi connectivity index (χ1) is 5.36. The molecule has 3 nitrogen and oxygen atoms in total. The summed E-state index contributed by atoms with van der Waals surface area (Å²) in [6.07, 6.45) is 8.64. The number of ether oxygens (including phenoxy) is 1. The summed E-state index contributed by atoms with van der Waals surface area (Å²) in [7, 11) is 1.66. The molecular weight excluding hydrogens is 140 g/mol. The fraction of sp³-hybridized carbons (Fsp3) is 0.375. The summed E-state index contributed by atoms with van der Waals surface area (Å²) in [5, 5.41) is 4.02. The first kappa shape index (κ1) is 7.83. The molecule has 0 spiro atoms. The molecule has 0 aliphatic rings. The van der Waals surface area contributed by atoms with Crippen LogP contribution in [0.5, 0.6) is 0 Å². The van der Waals surface area contributed by atoms with Crippen LogP contribution < -0.4 is 0 Å². The first-order valence-electron chi connectivity index (χ1n) is 3.35. The van der Waals surface area contributed by atoms with Gasteiger partial charge < -0.3 is 4.74 Å². The largest absolute Gasteiger partial charge is 0.383 e. The minimum absolute atomic E-state index is 0.658. The molecule has 0 unspecified atom stereocenters. The van der Waals surface area contributed by atoms with E-state index in [2.05, 4.69) is 11.0 Å². The lowest BCUT2D eigenvalue weighted by Crippen LogP contribution is -2.03. The maximum absolute atomic E-state index is 5.16. The van der Waals surface area contributed by atoms with Crippen molar-refractivity contribution in [2.45, 2.75) is 6.54 Å². The van der Waals surface area contributed by atoms with E-state index in [1.807, 2.05) is 6.20 Å². The highest BCUT2D eigenvalue weighted by Crippen LogP contribution is 1.93. The second-order valence-corrected chi connectivity index (χ2v) is 2.13. The second-order valence-electron chi connectivity index (χ2n) is 2.13. The minimum atomic E-state index is 0.658. The van der Waals surface area contributed by atoms with Crippen molar-refractivity contribution in [3.8, 4) is 12.3 Å². The van der Waals surface area contributed by atoms with Crippen LogP contribution in [0.15, 0.2) is 12.4 Å². The Morgan fingerprint density at radius 2 is 2.64 bits per heavy atom. The third kappa shape index (κ3) is 2.10. The molecule has 0 aromatic carbocycles. The van der Waals surface area contributed by atoms with Gasteiger partial charge in [-0.25, -0.2) is 0 Å². The van der Waals surface area contributed by atoms with Crippen LogP contribution in [0.2, 0.25) is 0 Å². The first-order valence-corrected chi connectivity index (χ1v) is 3.35. The average molecular weight is 150 g/mol. The zero-order valence-corrected chi connectivity index (χ0v) is 6.45. The van der Waals surface area contributed by atoms with Crippen molar-refractivity contribution in [2.75, 3.05) is 13.7 Å². The molecular formula is C8H10N2O. The maximum Gasteiger partial charge on any atom is 0.0658 e. The summed E-state index contributed by atoms with van der Waals surface area (Å²) < 4.78 is 6.64. The molecule has 0 amide bonds. The Morgan fingerprint density at radius 3 is 3.18 bits per heavy atom. The Kier molecular flexibility index (Phi) is 2.70. The SMILES string of the molecule is C#Cc1cnn(CCOC)c1. The molecule has 0 aliphatic heterocycles. The Morgan fingerprint density at radius 1 is 1.82 bits per heavy atom. The standard InChI is InChI=1S/C8H10N2O/c1-3-8-6-9-10(7-8)4-5-11-2/h1,6-7H,4-5H2,2H3. The average Bonchev–Trinajstić information content (AvgIpc) is 2.48. The number of hydrogen-bond donors (Lipinski definition) is 0. The highest BCUT2D eigenvalue weighted by molar-refractivity contribution is 5.25. The van der Waals surface area contributed by atoms with E-state index in [0.29, 0.717) is 6.61 Å². The molecule has 3 heteroatoms. The lowest BCUT2D eigenvalue weighted by atomic mass is 10.4. The second kappa shape index (κ2) is 3.79. The van der Waals surface area contributed by atoms with Gasteiger partial charge in [0.2, 0.25) is 0 Å². The lowest BCUT2D eigenvalue weighted by Gasteiger charge is -1.97. The molecule has 1 aromatic rings. The number of aromatic nitrogens is 2. The molecule has 58 valence electrons. The van der Waals surface area contributed by atoms with E-state index in [9.17, 15) is 0 Å². The van der Waals surface area contributed by atoms with Crippen LogP contribution in [-0.2, 0) is 11.3 Å². The molecule has 0 fully saturated rings. The normalized spacial score (nSPS) is 9.45. The predicted molar refractivity (Wildman–Crippen MR) is 42.0 cm³/mol. The molecule has 11 heavy (non-hydrogen) atoms. The van der Waals surface area contributed by atoms with Gasteiger partial charge in [-0.2, -0.15) is 5.10 Å². The maximum atomic E-state index is 5.16. The molecule has 1 heterocycles. The Balaban J connectivity index is 2.53. The van der Waals surface area contributed by atoms with Crippen LogP contribution >= 0.6 is 0 Å². The highest BCUT2D eigenvalue weighted by Gasteiger charge is 1.93. The van der Waals surface area contributed by atoms with E-state index in [4.69, 9.17) is 11.2 Å². The monoisotopic (exact) mass is 150 g/mol. The molecule has 0 bridgehead atoms. The van der Waals surface area contributed by atoms with Crippen LogP contribution in [0.1, 0.15) is 5.56 Å². The molecule has 0 saturated carbocycles. The van der Waals surface area contributed by atoms with Gasteiger partial charge in [0.1, 0.15) is 0 Å². The Hall–Kier alpha value is -1.27. The number of methoxy groups -OCH3 is 1. The third-order valence-electron chi connectivity index (χ3n) is 1.32. The molecule has 0 N–H and O–H groups in total. The third-order valence-corrected chi connectivity index (χ3v) is 1.32. The van der Waals surface area contributed by atoms with E-state index in [0.717, 1.165) is 12.1 Å². The van der Waals surface area contributed by atoms with Crippen molar-refractivity contribution in [3.05, 3.63) is 18.0 Å². The molecule has 1 rings (SSSR count). The van der Waals surface area contributed by atoms with Gasteiger partial charge in [-0.1, -0.05) is 5.92 Å². The summed E-state index contributed by atoms with van der Waals surface area (Å²) in [5.74, 6) is 2.50. The summed E-state index contributed by atoms with van der Waals surface area (Å²) in [6, 6.07) is 0. The summed E-state index contributed by atoms with van der Waals surface area (Å²) in [5.41, 5.74) is 0.807. The van der Waals surface area contributed by atoms with Crippen molar-refractivity contribution >= 4 is 0 Å². The van der Waals surface area contributed by atoms with Crippen molar-refractivity contribution in [1.29, 1.82) is 0 Å². The van der Waals surface area contributed by atoms with Crippen molar-refractivity contribution < 1.29 is 4.74 Å². The predicted octanol–water partition coefficient (Wildman–Crippen LogP) is 0.511. The van der Waals surface area contributed by atoms with Gasteiger partial charge >= 0.3 is 0 Å². The van der Waals surface area contributed by atoms with E-state index in [-0.39, 0.29) is 0 Å². The van der Waals surface area contributed by atoms with E-state index in [1.165, 1.54) is 0 Å². The van der Waals surface area contributed by atoms with E-state index < -0.39 is 0 Å². The van der Waals surface area contributed by atoms with Crippen LogP contribution in [0, 0.1) is 12.3 Å². The smallest absolute Gasteiger partial charge is 0.0658 e. The van der Waals surface area contributed by atoms with Crippen LogP contribution in [-0.4, -0.2) is 23.5 Å². The van der Waals surface area contributed by atoms with E-state index >= 15 is 0 Å². The minimum Gasteiger partial charge on any atom is -0.383 e. The zero-order valence-electron chi connectivity index (χ0n) is 6.45. The fourth-order valence-electron chi connectivity index (χ4n) is 0.745. The molecule has 1 aromatic heterocycles. The molecule has 0 atom stereocenters. The molecule has 0 radical (unpaired) electrons. The fourth-order valence-corrected chi connectivity index (χ4v) is 0.745. The Bertz CT molecular complexity index is 259. The van der Waals surface area contributed by atoms with Gasteiger partial charge in [0.15, 0.2) is 0 Å². The summed E-state index contributed by atoms with van der Waals surface area (Å²) in [4.78, 5) is 0. The topological polar surface area (TPSA) is 27.1 Å². The number of hydrogen-bond acceptors (Lipinski definition) is 2. The van der Waals surface area contributed by atoms with Gasteiger partial charge in [0, 0.05) is 13.3 Å². The highest BCUT2D eigenvalue weighted by atomic mass is 16.5. The van der Waals surface area contributed by atoms with Gasteiger partial charge in [-0.15, -0.1) is 6.42 Å². The quantitative estimate of drug-likeness (QED) is 0.587. The van der Waals surface area contributed by atoms with Crippen molar-refractivity contribution in [1.82, 2.24) is 9.78 Å². The number of rotatable bonds is 3. The molecule has 0 aliphatic carbocycles. The number of nitrogens with zero attached hydrogens (tertiary/aromatic N) is 2. The van der Waals surface area contributed by atoms with Gasteiger partial charge in [0.25, 0.3) is 0 Å². The van der Waals surface area contributed by atoms with Crippen LogP contribution in [0.25, 0.3) is 0 Å². The lowest BCUT2D eigenvalue weighted by molar-refractivity contribution is 0.183. The zero-order chi connectivity index (χ0) is 8.10. The van der Waals surface area contributed by atoms with E-state index in [1.54, 1.807) is 18.0 Å².